The first-order valence-corrected chi connectivity index (χ1v) is 3.19. The SMILES string of the molecule is CC(=O)N(C)CCC=CO. The zero-order valence-corrected chi connectivity index (χ0v) is 6.37. The van der Waals surface area contributed by atoms with Gasteiger partial charge in [-0.15, -0.1) is 0 Å². The van der Waals surface area contributed by atoms with Crippen LogP contribution in [0.4, 0.5) is 0 Å². The average molecular weight is 143 g/mol. The highest BCUT2D eigenvalue weighted by Gasteiger charge is 1.97. The van der Waals surface area contributed by atoms with Gasteiger partial charge in [-0.2, -0.15) is 0 Å². The summed E-state index contributed by atoms with van der Waals surface area (Å²) >= 11 is 0. The summed E-state index contributed by atoms with van der Waals surface area (Å²) in [5, 5.41) is 8.23. The molecule has 0 radical (unpaired) electrons. The summed E-state index contributed by atoms with van der Waals surface area (Å²) in [6, 6.07) is 0. The summed E-state index contributed by atoms with van der Waals surface area (Å²) in [6.07, 6.45) is 3.31. The predicted molar refractivity (Wildman–Crippen MR) is 39.7 cm³/mol. The summed E-state index contributed by atoms with van der Waals surface area (Å²) in [5.74, 6) is 0.0475. The molecule has 0 spiro atoms. The Balaban J connectivity index is 3.39. The van der Waals surface area contributed by atoms with Crippen molar-refractivity contribution in [3.8, 4) is 0 Å². The summed E-state index contributed by atoms with van der Waals surface area (Å²) in [4.78, 5) is 12.2. The van der Waals surface area contributed by atoms with E-state index in [1.54, 1.807) is 18.0 Å². The van der Waals surface area contributed by atoms with Crippen LogP contribution in [0.2, 0.25) is 0 Å². The number of hydrogen-bond acceptors (Lipinski definition) is 2. The van der Waals surface area contributed by atoms with E-state index in [4.69, 9.17) is 5.11 Å². The van der Waals surface area contributed by atoms with Gasteiger partial charge in [-0.05, 0) is 12.5 Å². The van der Waals surface area contributed by atoms with Gasteiger partial charge in [-0.3, -0.25) is 4.79 Å². The summed E-state index contributed by atoms with van der Waals surface area (Å²) < 4.78 is 0. The van der Waals surface area contributed by atoms with Crippen LogP contribution in [0.5, 0.6) is 0 Å². The normalized spacial score (nSPS) is 10.2. The number of hydrogen-bond donors (Lipinski definition) is 1. The van der Waals surface area contributed by atoms with Crippen molar-refractivity contribution in [3.63, 3.8) is 0 Å². The van der Waals surface area contributed by atoms with Crippen molar-refractivity contribution >= 4 is 5.91 Å². The van der Waals surface area contributed by atoms with Crippen LogP contribution in [0, 0.1) is 0 Å². The maximum absolute atomic E-state index is 10.6. The smallest absolute Gasteiger partial charge is 0.219 e. The van der Waals surface area contributed by atoms with Gasteiger partial charge in [0.2, 0.25) is 5.91 Å². The molecule has 0 heterocycles. The molecule has 58 valence electrons. The van der Waals surface area contributed by atoms with Crippen molar-refractivity contribution < 1.29 is 9.90 Å². The molecule has 0 unspecified atom stereocenters. The lowest BCUT2D eigenvalue weighted by atomic mass is 10.4. The zero-order chi connectivity index (χ0) is 7.98. The fourth-order valence-corrected chi connectivity index (χ4v) is 0.500. The number of carbonyl (C=O) groups is 1. The number of nitrogens with zero attached hydrogens (tertiary/aromatic N) is 1. The lowest BCUT2D eigenvalue weighted by molar-refractivity contribution is -0.127. The van der Waals surface area contributed by atoms with Gasteiger partial charge in [0.1, 0.15) is 0 Å². The quantitative estimate of drug-likeness (QED) is 0.597. The van der Waals surface area contributed by atoms with Gasteiger partial charge in [0.25, 0.3) is 0 Å². The Kier molecular flexibility index (Phi) is 4.37. The second-order valence-electron chi connectivity index (χ2n) is 2.11. The third kappa shape index (κ3) is 3.95. The molecule has 1 amide bonds. The maximum atomic E-state index is 10.6. The van der Waals surface area contributed by atoms with Gasteiger partial charge < -0.3 is 10.0 Å². The fourth-order valence-electron chi connectivity index (χ4n) is 0.500. The first kappa shape index (κ1) is 9.01. The molecule has 0 aliphatic rings. The molecule has 10 heavy (non-hydrogen) atoms. The minimum absolute atomic E-state index is 0.0475. The van der Waals surface area contributed by atoms with Crippen LogP contribution in [-0.4, -0.2) is 29.5 Å². The van der Waals surface area contributed by atoms with Gasteiger partial charge in [0.15, 0.2) is 0 Å². The lowest BCUT2D eigenvalue weighted by Gasteiger charge is -2.12. The van der Waals surface area contributed by atoms with E-state index < -0.39 is 0 Å². The Morgan fingerprint density at radius 3 is 2.70 bits per heavy atom. The van der Waals surface area contributed by atoms with Crippen molar-refractivity contribution in [2.24, 2.45) is 0 Å². The van der Waals surface area contributed by atoms with Crippen LogP contribution in [0.1, 0.15) is 13.3 Å². The van der Waals surface area contributed by atoms with Crippen LogP contribution in [0.25, 0.3) is 0 Å². The third-order valence-corrected chi connectivity index (χ3v) is 1.27. The second-order valence-corrected chi connectivity index (χ2v) is 2.11. The fraction of sp³-hybridized carbons (Fsp3) is 0.571. The van der Waals surface area contributed by atoms with Gasteiger partial charge in [-0.25, -0.2) is 0 Å². The zero-order valence-electron chi connectivity index (χ0n) is 6.37. The minimum Gasteiger partial charge on any atom is -0.516 e. The van der Waals surface area contributed by atoms with Crippen molar-refractivity contribution in [3.05, 3.63) is 12.3 Å². The molecule has 0 aliphatic heterocycles. The molecular formula is C7H13NO2. The number of aliphatic hydroxyl groups excluding tert-OH is 1. The molecule has 0 aromatic carbocycles. The van der Waals surface area contributed by atoms with E-state index in [0.29, 0.717) is 13.0 Å². The highest BCUT2D eigenvalue weighted by atomic mass is 16.2. The summed E-state index contributed by atoms with van der Waals surface area (Å²) in [6.45, 7) is 2.18. The first-order chi connectivity index (χ1) is 4.68. The Morgan fingerprint density at radius 2 is 2.30 bits per heavy atom. The van der Waals surface area contributed by atoms with Crippen molar-refractivity contribution in [1.29, 1.82) is 0 Å². The highest BCUT2D eigenvalue weighted by Crippen LogP contribution is 1.88. The van der Waals surface area contributed by atoms with E-state index in [1.807, 2.05) is 0 Å². The van der Waals surface area contributed by atoms with E-state index >= 15 is 0 Å². The van der Waals surface area contributed by atoms with E-state index in [1.165, 1.54) is 6.92 Å². The van der Waals surface area contributed by atoms with Gasteiger partial charge >= 0.3 is 0 Å². The maximum Gasteiger partial charge on any atom is 0.219 e. The molecule has 3 heteroatoms. The summed E-state index contributed by atoms with van der Waals surface area (Å²) in [7, 11) is 1.73. The van der Waals surface area contributed by atoms with Crippen molar-refractivity contribution in [1.82, 2.24) is 4.90 Å². The van der Waals surface area contributed by atoms with E-state index in [0.717, 1.165) is 6.26 Å². The molecule has 0 rings (SSSR count). The van der Waals surface area contributed by atoms with E-state index in [-0.39, 0.29) is 5.91 Å². The van der Waals surface area contributed by atoms with Crippen LogP contribution in [0.3, 0.4) is 0 Å². The molecule has 1 N–H and O–H groups in total. The van der Waals surface area contributed by atoms with Crippen molar-refractivity contribution in [2.45, 2.75) is 13.3 Å². The number of rotatable bonds is 3. The summed E-state index contributed by atoms with van der Waals surface area (Å²) in [5.41, 5.74) is 0. The molecule has 0 aliphatic carbocycles. The van der Waals surface area contributed by atoms with Gasteiger partial charge in [0.05, 0.1) is 6.26 Å². The average Bonchev–Trinajstić information content (AvgIpc) is 1.88. The van der Waals surface area contributed by atoms with E-state index in [2.05, 4.69) is 0 Å². The number of aliphatic hydroxyl groups is 1. The first-order valence-electron chi connectivity index (χ1n) is 3.19. The Bertz CT molecular complexity index is 132. The molecule has 0 fully saturated rings. The Morgan fingerprint density at radius 1 is 1.70 bits per heavy atom. The van der Waals surface area contributed by atoms with Crippen LogP contribution in [-0.2, 0) is 4.79 Å². The second kappa shape index (κ2) is 4.85. The molecule has 0 atom stereocenters. The standard InChI is InChI=1S/C7H13NO2/c1-7(10)8(2)5-3-4-6-9/h4,6,9H,3,5H2,1-2H3. The van der Waals surface area contributed by atoms with Gasteiger partial charge in [0, 0.05) is 20.5 Å². The molecule has 0 aromatic rings. The van der Waals surface area contributed by atoms with Gasteiger partial charge in [-0.1, -0.05) is 0 Å². The van der Waals surface area contributed by atoms with Crippen LogP contribution in [0.15, 0.2) is 12.3 Å². The van der Waals surface area contributed by atoms with E-state index in [9.17, 15) is 4.79 Å². The molecule has 0 saturated heterocycles. The van der Waals surface area contributed by atoms with Crippen molar-refractivity contribution in [2.75, 3.05) is 13.6 Å². The molecule has 0 saturated carbocycles. The number of carbonyl (C=O) groups excluding carboxylic acids is 1. The molecular weight excluding hydrogens is 130 g/mol. The Labute approximate surface area is 61.0 Å². The molecule has 3 nitrogen and oxygen atoms in total. The Hall–Kier alpha value is -0.990. The topological polar surface area (TPSA) is 40.5 Å². The molecule has 0 aromatic heterocycles. The highest BCUT2D eigenvalue weighted by molar-refractivity contribution is 5.72. The lowest BCUT2D eigenvalue weighted by Crippen LogP contribution is -2.24. The van der Waals surface area contributed by atoms with Crippen LogP contribution >= 0.6 is 0 Å². The largest absolute Gasteiger partial charge is 0.516 e. The van der Waals surface area contributed by atoms with Crippen LogP contribution < -0.4 is 0 Å². The number of amides is 1. The minimum atomic E-state index is 0.0475. The predicted octanol–water partition coefficient (Wildman–Crippen LogP) is 0.927. The monoisotopic (exact) mass is 143 g/mol. The molecule has 0 bridgehead atoms. The third-order valence-electron chi connectivity index (χ3n) is 1.27.